The van der Waals surface area contributed by atoms with E-state index in [0.29, 0.717) is 16.9 Å². The first-order valence-electron chi connectivity index (χ1n) is 8.21. The number of benzene rings is 2. The molecule has 1 amide bonds. The number of alkyl halides is 3. The van der Waals surface area contributed by atoms with Gasteiger partial charge in [-0.1, -0.05) is 48.5 Å². The lowest BCUT2D eigenvalue weighted by molar-refractivity contribution is -0.147. The largest absolute Gasteiger partial charge is 0.496 e. The Balaban J connectivity index is 2.20. The number of carbonyl (C=O) groups is 2. The highest BCUT2D eigenvalue weighted by Crippen LogP contribution is 2.25. The Morgan fingerprint density at radius 1 is 1.04 bits per heavy atom. The van der Waals surface area contributed by atoms with Gasteiger partial charge in [-0.2, -0.15) is 13.2 Å². The first-order chi connectivity index (χ1) is 13.3. The van der Waals surface area contributed by atoms with Gasteiger partial charge in [0.1, 0.15) is 12.3 Å². The summed E-state index contributed by atoms with van der Waals surface area (Å²) in [6, 6.07) is 15.5. The van der Waals surface area contributed by atoms with Crippen LogP contribution in [-0.2, 0) is 14.3 Å². The van der Waals surface area contributed by atoms with Crippen molar-refractivity contribution in [3.05, 3.63) is 65.7 Å². The molecule has 0 spiro atoms. The van der Waals surface area contributed by atoms with Crippen LogP contribution < -0.4 is 10.1 Å². The van der Waals surface area contributed by atoms with Crippen LogP contribution in [0.15, 0.2) is 54.6 Å². The van der Waals surface area contributed by atoms with Crippen LogP contribution in [0.25, 0.3) is 11.6 Å². The van der Waals surface area contributed by atoms with Crippen molar-refractivity contribution in [1.82, 2.24) is 5.32 Å². The van der Waals surface area contributed by atoms with Crippen molar-refractivity contribution in [1.29, 1.82) is 0 Å². The lowest BCUT2D eigenvalue weighted by atomic mass is 10.0. The molecule has 148 valence electrons. The quantitative estimate of drug-likeness (QED) is 0.445. The van der Waals surface area contributed by atoms with Gasteiger partial charge < -0.3 is 14.8 Å². The number of hydrogen-bond acceptors (Lipinski definition) is 4. The summed E-state index contributed by atoms with van der Waals surface area (Å²) in [5, 5.41) is 1.64. The van der Waals surface area contributed by atoms with Gasteiger partial charge in [-0.15, -0.1) is 0 Å². The number of esters is 1. The second kappa shape index (κ2) is 9.59. The molecule has 0 unspecified atom stereocenters. The number of carbonyl (C=O) groups excluding carboxylic acids is 2. The maximum absolute atomic E-state index is 12.5. The number of methoxy groups -OCH3 is 1. The molecule has 1 N–H and O–H groups in total. The molecule has 2 aromatic carbocycles. The van der Waals surface area contributed by atoms with E-state index in [-0.39, 0.29) is 5.57 Å². The monoisotopic (exact) mass is 393 g/mol. The lowest BCUT2D eigenvalue weighted by Crippen LogP contribution is -2.36. The van der Waals surface area contributed by atoms with Crippen LogP contribution in [0.3, 0.4) is 0 Å². The van der Waals surface area contributed by atoms with Crippen molar-refractivity contribution < 1.29 is 32.2 Å². The van der Waals surface area contributed by atoms with Crippen LogP contribution in [0.1, 0.15) is 11.1 Å². The Kier molecular flexibility index (Phi) is 7.20. The molecule has 0 aliphatic carbocycles. The summed E-state index contributed by atoms with van der Waals surface area (Å²) in [6.07, 6.45) is -3.01. The second-order valence-corrected chi connectivity index (χ2v) is 5.63. The molecule has 0 atom stereocenters. The van der Waals surface area contributed by atoms with Gasteiger partial charge in [0.25, 0.3) is 5.91 Å². The van der Waals surface area contributed by atoms with Crippen molar-refractivity contribution in [2.45, 2.75) is 6.18 Å². The third-order valence-electron chi connectivity index (χ3n) is 3.56. The SMILES string of the molecule is COc1ccccc1/C=C(/C(=O)OCC(=O)NCC(F)(F)F)c1ccccc1. The minimum absolute atomic E-state index is 0.133. The molecule has 2 rings (SSSR count). The molecule has 28 heavy (non-hydrogen) atoms. The second-order valence-electron chi connectivity index (χ2n) is 5.63. The van der Waals surface area contributed by atoms with Gasteiger partial charge in [-0.25, -0.2) is 4.79 Å². The fraction of sp³-hybridized carbons (Fsp3) is 0.200. The fourth-order valence-electron chi connectivity index (χ4n) is 2.28. The molecule has 0 heterocycles. The van der Waals surface area contributed by atoms with Crippen LogP contribution in [0.4, 0.5) is 13.2 Å². The zero-order valence-corrected chi connectivity index (χ0v) is 15.0. The highest BCUT2D eigenvalue weighted by Gasteiger charge is 2.28. The topological polar surface area (TPSA) is 64.6 Å². The summed E-state index contributed by atoms with van der Waals surface area (Å²) < 4.78 is 46.6. The molecular formula is C20H18F3NO4. The number of amides is 1. The average molecular weight is 393 g/mol. The number of para-hydroxylation sites is 1. The Bertz CT molecular complexity index is 848. The highest BCUT2D eigenvalue weighted by molar-refractivity contribution is 6.22. The Morgan fingerprint density at radius 2 is 1.68 bits per heavy atom. The van der Waals surface area contributed by atoms with E-state index in [1.165, 1.54) is 13.2 Å². The summed E-state index contributed by atoms with van der Waals surface area (Å²) in [7, 11) is 1.48. The summed E-state index contributed by atoms with van der Waals surface area (Å²) >= 11 is 0. The van der Waals surface area contributed by atoms with Crippen LogP contribution >= 0.6 is 0 Å². The van der Waals surface area contributed by atoms with E-state index in [4.69, 9.17) is 9.47 Å². The molecule has 0 bridgehead atoms. The molecule has 5 nitrogen and oxygen atoms in total. The summed E-state index contributed by atoms with van der Waals surface area (Å²) in [5.74, 6) is -1.37. The lowest BCUT2D eigenvalue weighted by Gasteiger charge is -2.11. The fourth-order valence-corrected chi connectivity index (χ4v) is 2.28. The first kappa shape index (κ1) is 21.0. The molecule has 0 fully saturated rings. The van der Waals surface area contributed by atoms with Gasteiger partial charge >= 0.3 is 12.1 Å². The smallest absolute Gasteiger partial charge is 0.405 e. The van der Waals surface area contributed by atoms with Crippen molar-refractivity contribution in [2.24, 2.45) is 0 Å². The molecule has 8 heteroatoms. The molecule has 0 aromatic heterocycles. The summed E-state index contributed by atoms with van der Waals surface area (Å²) in [5.41, 5.74) is 1.25. The Morgan fingerprint density at radius 3 is 2.32 bits per heavy atom. The molecule has 0 radical (unpaired) electrons. The standard InChI is InChI=1S/C20H18F3NO4/c1-27-17-10-6-5-9-15(17)11-16(14-7-3-2-4-8-14)19(26)28-12-18(25)24-13-20(21,22)23/h2-11H,12-13H2,1H3,(H,24,25)/b16-11+. The van der Waals surface area contributed by atoms with Crippen molar-refractivity contribution in [3.63, 3.8) is 0 Å². The van der Waals surface area contributed by atoms with Crippen molar-refractivity contribution in [2.75, 3.05) is 20.3 Å². The third kappa shape index (κ3) is 6.46. The van der Waals surface area contributed by atoms with Crippen LogP contribution in [0.5, 0.6) is 5.75 Å². The van der Waals surface area contributed by atoms with Gasteiger partial charge in [0.05, 0.1) is 12.7 Å². The number of nitrogens with one attached hydrogen (secondary N) is 1. The third-order valence-corrected chi connectivity index (χ3v) is 3.56. The minimum Gasteiger partial charge on any atom is -0.496 e. The van der Waals surface area contributed by atoms with Crippen molar-refractivity contribution >= 4 is 23.5 Å². The van der Waals surface area contributed by atoms with Crippen LogP contribution in [0, 0.1) is 0 Å². The van der Waals surface area contributed by atoms with Gasteiger partial charge in [0, 0.05) is 5.56 Å². The predicted molar refractivity (Wildman–Crippen MR) is 97.3 cm³/mol. The van der Waals surface area contributed by atoms with E-state index in [1.807, 2.05) is 0 Å². The van der Waals surface area contributed by atoms with Crippen LogP contribution in [-0.4, -0.2) is 38.3 Å². The van der Waals surface area contributed by atoms with E-state index in [1.54, 1.807) is 59.9 Å². The first-order valence-corrected chi connectivity index (χ1v) is 8.21. The minimum atomic E-state index is -4.54. The van der Waals surface area contributed by atoms with Gasteiger partial charge in [-0.3, -0.25) is 4.79 Å². The normalized spacial score (nSPS) is 11.6. The van der Waals surface area contributed by atoms with Gasteiger partial charge in [0.2, 0.25) is 0 Å². The van der Waals surface area contributed by atoms with Gasteiger partial charge in [0.15, 0.2) is 6.61 Å². The summed E-state index contributed by atoms with van der Waals surface area (Å²) in [4.78, 5) is 24.0. The molecule has 0 aliphatic heterocycles. The Labute approximate surface area is 159 Å². The van der Waals surface area contributed by atoms with E-state index in [2.05, 4.69) is 0 Å². The van der Waals surface area contributed by atoms with E-state index in [0.717, 1.165) is 0 Å². The number of hydrogen-bond donors (Lipinski definition) is 1. The molecule has 2 aromatic rings. The predicted octanol–water partition coefficient (Wildman–Crippen LogP) is 3.46. The molecule has 0 saturated carbocycles. The average Bonchev–Trinajstić information content (AvgIpc) is 2.69. The highest BCUT2D eigenvalue weighted by atomic mass is 19.4. The molecule has 0 saturated heterocycles. The zero-order chi connectivity index (χ0) is 20.6. The Hall–Kier alpha value is -3.29. The number of halogens is 3. The summed E-state index contributed by atoms with van der Waals surface area (Å²) in [6.45, 7) is -2.32. The van der Waals surface area contributed by atoms with Crippen LogP contribution in [0.2, 0.25) is 0 Å². The number of rotatable bonds is 7. The van der Waals surface area contributed by atoms with Gasteiger partial charge in [-0.05, 0) is 17.7 Å². The maximum Gasteiger partial charge on any atom is 0.405 e. The molecule has 0 aliphatic rings. The van der Waals surface area contributed by atoms with E-state index < -0.39 is 31.2 Å². The van der Waals surface area contributed by atoms with Crippen molar-refractivity contribution in [3.8, 4) is 5.75 Å². The van der Waals surface area contributed by atoms with E-state index >= 15 is 0 Å². The maximum atomic E-state index is 12.5. The molecular weight excluding hydrogens is 375 g/mol. The zero-order valence-electron chi connectivity index (χ0n) is 15.0. The van der Waals surface area contributed by atoms with E-state index in [9.17, 15) is 22.8 Å². The number of ether oxygens (including phenoxy) is 2.